The first-order valence-corrected chi connectivity index (χ1v) is 6.28. The molecule has 0 aromatic heterocycles. The van der Waals surface area contributed by atoms with Crippen LogP contribution in [0.5, 0.6) is 0 Å². The zero-order chi connectivity index (χ0) is 9.64. The lowest BCUT2D eigenvalue weighted by Gasteiger charge is -2.19. The van der Waals surface area contributed by atoms with Gasteiger partial charge in [-0.05, 0) is 63.7 Å². The second kappa shape index (κ2) is 5.38. The molecule has 0 bridgehead atoms. The molecule has 0 spiro atoms. The van der Waals surface area contributed by atoms with Gasteiger partial charge in [0.15, 0.2) is 0 Å². The van der Waals surface area contributed by atoms with Crippen LogP contribution in [0.2, 0.25) is 0 Å². The lowest BCUT2D eigenvalue weighted by atomic mass is 9.87. The quantitative estimate of drug-likeness (QED) is 0.569. The SMILES string of the molecule is C1=CCC(CCC2=CCCCC2)CC1. The highest BCUT2D eigenvalue weighted by Gasteiger charge is 2.11. The van der Waals surface area contributed by atoms with Crippen molar-refractivity contribution in [2.45, 2.75) is 57.8 Å². The minimum atomic E-state index is 0.989. The Morgan fingerprint density at radius 1 is 1.14 bits per heavy atom. The summed E-state index contributed by atoms with van der Waals surface area (Å²) in [7, 11) is 0. The third kappa shape index (κ3) is 3.01. The maximum atomic E-state index is 2.50. The summed E-state index contributed by atoms with van der Waals surface area (Å²) < 4.78 is 0. The lowest BCUT2D eigenvalue weighted by molar-refractivity contribution is 0.440. The molecule has 0 aliphatic heterocycles. The first-order valence-electron chi connectivity index (χ1n) is 6.28. The molecule has 2 aliphatic rings. The molecule has 2 aliphatic carbocycles. The average Bonchev–Trinajstić information content (AvgIpc) is 2.29. The van der Waals surface area contributed by atoms with E-state index in [0.29, 0.717) is 0 Å². The van der Waals surface area contributed by atoms with Gasteiger partial charge in [0.1, 0.15) is 0 Å². The van der Waals surface area contributed by atoms with Crippen LogP contribution in [0.3, 0.4) is 0 Å². The molecule has 78 valence electrons. The fourth-order valence-corrected chi connectivity index (χ4v) is 2.64. The Balaban J connectivity index is 1.70. The molecular weight excluding hydrogens is 168 g/mol. The van der Waals surface area contributed by atoms with Gasteiger partial charge in [-0.1, -0.05) is 23.8 Å². The van der Waals surface area contributed by atoms with E-state index in [1.54, 1.807) is 5.57 Å². The molecule has 0 radical (unpaired) electrons. The molecule has 0 saturated heterocycles. The van der Waals surface area contributed by atoms with E-state index in [4.69, 9.17) is 0 Å². The van der Waals surface area contributed by atoms with Crippen LogP contribution in [0.15, 0.2) is 23.8 Å². The Labute approximate surface area is 88.1 Å². The van der Waals surface area contributed by atoms with Crippen molar-refractivity contribution in [1.29, 1.82) is 0 Å². The number of allylic oxidation sites excluding steroid dienone is 4. The first-order chi connectivity index (χ1) is 6.95. The monoisotopic (exact) mass is 190 g/mol. The Kier molecular flexibility index (Phi) is 3.85. The van der Waals surface area contributed by atoms with Crippen LogP contribution < -0.4 is 0 Å². The summed E-state index contributed by atoms with van der Waals surface area (Å²) in [5.41, 5.74) is 1.76. The van der Waals surface area contributed by atoms with Gasteiger partial charge in [-0.25, -0.2) is 0 Å². The zero-order valence-corrected chi connectivity index (χ0v) is 9.17. The van der Waals surface area contributed by atoms with Crippen LogP contribution >= 0.6 is 0 Å². The second-order valence-electron chi connectivity index (χ2n) is 4.80. The Hall–Kier alpha value is -0.520. The molecule has 1 unspecified atom stereocenters. The maximum absolute atomic E-state index is 2.50. The van der Waals surface area contributed by atoms with Crippen LogP contribution in [0.1, 0.15) is 57.8 Å². The predicted molar refractivity (Wildman–Crippen MR) is 62.3 cm³/mol. The highest BCUT2D eigenvalue weighted by molar-refractivity contribution is 5.05. The Morgan fingerprint density at radius 2 is 2.14 bits per heavy atom. The largest absolute Gasteiger partial charge is 0.0885 e. The van der Waals surface area contributed by atoms with Crippen molar-refractivity contribution in [2.75, 3.05) is 0 Å². The standard InChI is InChI=1S/C14H22/c1-3-7-13(8-4-1)11-12-14-9-5-2-6-10-14/h1,3,9,13H,2,4-8,10-12H2. The highest BCUT2D eigenvalue weighted by atomic mass is 14.2. The van der Waals surface area contributed by atoms with Crippen LogP contribution in [-0.4, -0.2) is 0 Å². The number of hydrogen-bond donors (Lipinski definition) is 0. The van der Waals surface area contributed by atoms with Gasteiger partial charge in [-0.15, -0.1) is 0 Å². The highest BCUT2D eigenvalue weighted by Crippen LogP contribution is 2.28. The van der Waals surface area contributed by atoms with E-state index in [1.165, 1.54) is 57.8 Å². The average molecular weight is 190 g/mol. The van der Waals surface area contributed by atoms with Crippen molar-refractivity contribution in [3.8, 4) is 0 Å². The van der Waals surface area contributed by atoms with Crippen molar-refractivity contribution >= 4 is 0 Å². The molecular formula is C14H22. The summed E-state index contributed by atoms with van der Waals surface area (Å²) in [6.07, 6.45) is 19.8. The van der Waals surface area contributed by atoms with Crippen molar-refractivity contribution < 1.29 is 0 Å². The first kappa shape index (κ1) is 10.0. The van der Waals surface area contributed by atoms with Gasteiger partial charge in [-0.3, -0.25) is 0 Å². The van der Waals surface area contributed by atoms with E-state index >= 15 is 0 Å². The van der Waals surface area contributed by atoms with E-state index in [-0.39, 0.29) is 0 Å². The molecule has 0 nitrogen and oxygen atoms in total. The maximum Gasteiger partial charge on any atom is -0.0318 e. The Bertz CT molecular complexity index is 222. The number of hydrogen-bond acceptors (Lipinski definition) is 0. The van der Waals surface area contributed by atoms with Crippen molar-refractivity contribution in [3.05, 3.63) is 23.8 Å². The molecule has 1 atom stereocenters. The molecule has 2 rings (SSSR count). The fraction of sp³-hybridized carbons (Fsp3) is 0.714. The van der Waals surface area contributed by atoms with Gasteiger partial charge >= 0.3 is 0 Å². The third-order valence-electron chi connectivity index (χ3n) is 3.64. The van der Waals surface area contributed by atoms with Crippen LogP contribution in [0, 0.1) is 5.92 Å². The van der Waals surface area contributed by atoms with Crippen LogP contribution in [-0.2, 0) is 0 Å². The minimum absolute atomic E-state index is 0.989. The molecule has 0 aromatic rings. The summed E-state index contributed by atoms with van der Waals surface area (Å²) in [6.45, 7) is 0. The molecule has 0 heterocycles. The molecule has 0 aromatic carbocycles. The summed E-state index contributed by atoms with van der Waals surface area (Å²) in [5, 5.41) is 0. The summed E-state index contributed by atoms with van der Waals surface area (Å²) in [5.74, 6) is 0.989. The second-order valence-corrected chi connectivity index (χ2v) is 4.80. The van der Waals surface area contributed by atoms with Crippen molar-refractivity contribution in [3.63, 3.8) is 0 Å². The topological polar surface area (TPSA) is 0 Å². The molecule has 14 heavy (non-hydrogen) atoms. The Morgan fingerprint density at radius 3 is 2.86 bits per heavy atom. The van der Waals surface area contributed by atoms with E-state index in [1.807, 2.05) is 0 Å². The smallest absolute Gasteiger partial charge is 0.0318 e. The third-order valence-corrected chi connectivity index (χ3v) is 3.64. The van der Waals surface area contributed by atoms with E-state index in [9.17, 15) is 0 Å². The van der Waals surface area contributed by atoms with Gasteiger partial charge in [0.05, 0.1) is 0 Å². The number of rotatable bonds is 3. The normalized spacial score (nSPS) is 27.4. The van der Waals surface area contributed by atoms with E-state index in [0.717, 1.165) is 5.92 Å². The van der Waals surface area contributed by atoms with Crippen LogP contribution in [0.25, 0.3) is 0 Å². The van der Waals surface area contributed by atoms with E-state index in [2.05, 4.69) is 18.2 Å². The van der Waals surface area contributed by atoms with Crippen LogP contribution in [0.4, 0.5) is 0 Å². The molecule has 0 saturated carbocycles. The van der Waals surface area contributed by atoms with Gasteiger partial charge in [0, 0.05) is 0 Å². The zero-order valence-electron chi connectivity index (χ0n) is 9.17. The fourth-order valence-electron chi connectivity index (χ4n) is 2.64. The summed E-state index contributed by atoms with van der Waals surface area (Å²) in [4.78, 5) is 0. The molecule has 0 amide bonds. The van der Waals surface area contributed by atoms with Gasteiger partial charge in [0.2, 0.25) is 0 Å². The van der Waals surface area contributed by atoms with Crippen molar-refractivity contribution in [1.82, 2.24) is 0 Å². The van der Waals surface area contributed by atoms with Gasteiger partial charge in [0.25, 0.3) is 0 Å². The molecule has 0 heteroatoms. The van der Waals surface area contributed by atoms with E-state index < -0.39 is 0 Å². The van der Waals surface area contributed by atoms with Gasteiger partial charge in [-0.2, -0.15) is 0 Å². The predicted octanol–water partition coefficient (Wildman–Crippen LogP) is 4.62. The lowest BCUT2D eigenvalue weighted by Crippen LogP contribution is -2.03. The molecule has 0 fully saturated rings. The van der Waals surface area contributed by atoms with Crippen molar-refractivity contribution in [2.24, 2.45) is 5.92 Å². The van der Waals surface area contributed by atoms with Gasteiger partial charge < -0.3 is 0 Å². The summed E-state index contributed by atoms with van der Waals surface area (Å²) >= 11 is 0. The summed E-state index contributed by atoms with van der Waals surface area (Å²) in [6, 6.07) is 0. The molecule has 0 N–H and O–H groups in total. The minimum Gasteiger partial charge on any atom is -0.0885 e.